The molecule has 3 N–H and O–H groups in total. The van der Waals surface area contributed by atoms with Crippen LogP contribution in [0.5, 0.6) is 0 Å². The average molecular weight is 256 g/mol. The predicted octanol–water partition coefficient (Wildman–Crippen LogP) is 1.22. The molecular weight excluding hydrogens is 232 g/mol. The number of carbonyl (C=O) groups is 2. The Balaban J connectivity index is 2.73. The van der Waals surface area contributed by atoms with Gasteiger partial charge in [-0.15, -0.1) is 0 Å². The van der Waals surface area contributed by atoms with Crippen molar-refractivity contribution in [3.63, 3.8) is 0 Å². The summed E-state index contributed by atoms with van der Waals surface area (Å²) in [5.41, 5.74) is 5.80. The van der Waals surface area contributed by atoms with Gasteiger partial charge < -0.3 is 15.7 Å². The molecule has 0 aromatic carbocycles. The highest BCUT2D eigenvalue weighted by Crippen LogP contribution is 2.26. The summed E-state index contributed by atoms with van der Waals surface area (Å²) in [6, 6.07) is -1.26. The molecule has 3 atom stereocenters. The van der Waals surface area contributed by atoms with E-state index < -0.39 is 18.1 Å². The molecule has 0 aliphatic carbocycles. The van der Waals surface area contributed by atoms with E-state index in [0.717, 1.165) is 19.3 Å². The van der Waals surface area contributed by atoms with Crippen LogP contribution in [0.3, 0.4) is 0 Å². The van der Waals surface area contributed by atoms with Gasteiger partial charge >= 0.3 is 5.97 Å². The Morgan fingerprint density at radius 2 is 2.11 bits per heavy atom. The zero-order valence-electron chi connectivity index (χ0n) is 11.3. The molecule has 1 aliphatic rings. The fraction of sp³-hybridized carbons (Fsp3) is 0.846. The number of hydrogen-bond acceptors (Lipinski definition) is 3. The Morgan fingerprint density at radius 1 is 1.44 bits per heavy atom. The molecule has 0 aromatic rings. The SMILES string of the molecule is CCCC(N)C(=O)N1CCC(CC)CC1C(=O)O. The van der Waals surface area contributed by atoms with Gasteiger partial charge in [0.1, 0.15) is 6.04 Å². The van der Waals surface area contributed by atoms with E-state index >= 15 is 0 Å². The quantitative estimate of drug-likeness (QED) is 0.774. The van der Waals surface area contributed by atoms with E-state index in [1.165, 1.54) is 4.90 Å². The summed E-state index contributed by atoms with van der Waals surface area (Å²) in [6.07, 6.45) is 3.84. The van der Waals surface area contributed by atoms with Crippen LogP contribution in [0.15, 0.2) is 0 Å². The topological polar surface area (TPSA) is 83.6 Å². The maximum atomic E-state index is 12.1. The van der Waals surface area contributed by atoms with E-state index in [1.807, 2.05) is 6.92 Å². The first-order valence-electron chi connectivity index (χ1n) is 6.80. The van der Waals surface area contributed by atoms with Gasteiger partial charge in [0.05, 0.1) is 6.04 Å². The average Bonchev–Trinajstić information content (AvgIpc) is 2.37. The first-order valence-corrected chi connectivity index (χ1v) is 6.80. The van der Waals surface area contributed by atoms with E-state index in [9.17, 15) is 14.7 Å². The lowest BCUT2D eigenvalue weighted by Gasteiger charge is -2.38. The highest BCUT2D eigenvalue weighted by molar-refractivity contribution is 5.87. The van der Waals surface area contributed by atoms with Gasteiger partial charge in [0, 0.05) is 6.54 Å². The molecular formula is C13H24N2O3. The van der Waals surface area contributed by atoms with Crippen LogP contribution in [-0.2, 0) is 9.59 Å². The molecule has 1 fully saturated rings. The fourth-order valence-corrected chi connectivity index (χ4v) is 2.55. The van der Waals surface area contributed by atoms with Crippen LogP contribution in [0.2, 0.25) is 0 Å². The van der Waals surface area contributed by atoms with Gasteiger partial charge in [0.25, 0.3) is 0 Å². The summed E-state index contributed by atoms with van der Waals surface area (Å²) in [7, 11) is 0. The van der Waals surface area contributed by atoms with Gasteiger partial charge in [-0.1, -0.05) is 26.7 Å². The molecule has 5 nitrogen and oxygen atoms in total. The molecule has 1 rings (SSSR count). The van der Waals surface area contributed by atoms with Gasteiger partial charge in [-0.05, 0) is 25.2 Å². The Kier molecular flexibility index (Phi) is 5.59. The van der Waals surface area contributed by atoms with Crippen LogP contribution in [0.4, 0.5) is 0 Å². The Hall–Kier alpha value is -1.10. The van der Waals surface area contributed by atoms with E-state index in [2.05, 4.69) is 6.92 Å². The summed E-state index contributed by atoms with van der Waals surface area (Å²) >= 11 is 0. The van der Waals surface area contributed by atoms with Crippen LogP contribution >= 0.6 is 0 Å². The van der Waals surface area contributed by atoms with Crippen molar-refractivity contribution in [1.82, 2.24) is 4.90 Å². The molecule has 1 saturated heterocycles. The zero-order valence-corrected chi connectivity index (χ0v) is 11.3. The lowest BCUT2D eigenvalue weighted by Crippen LogP contribution is -2.54. The molecule has 0 spiro atoms. The highest BCUT2D eigenvalue weighted by atomic mass is 16.4. The maximum absolute atomic E-state index is 12.1. The van der Waals surface area contributed by atoms with Crippen molar-refractivity contribution in [3.8, 4) is 0 Å². The van der Waals surface area contributed by atoms with Crippen molar-refractivity contribution in [2.45, 2.75) is 58.0 Å². The molecule has 0 aromatic heterocycles. The van der Waals surface area contributed by atoms with E-state index in [4.69, 9.17) is 5.73 Å². The minimum absolute atomic E-state index is 0.209. The van der Waals surface area contributed by atoms with Crippen molar-refractivity contribution in [2.75, 3.05) is 6.54 Å². The van der Waals surface area contributed by atoms with E-state index in [-0.39, 0.29) is 5.91 Å². The van der Waals surface area contributed by atoms with Crippen LogP contribution < -0.4 is 5.73 Å². The number of rotatable bonds is 5. The summed E-state index contributed by atoms with van der Waals surface area (Å²) in [5, 5.41) is 9.25. The number of nitrogens with two attached hydrogens (primary N) is 1. The predicted molar refractivity (Wildman–Crippen MR) is 69.0 cm³/mol. The van der Waals surface area contributed by atoms with Crippen LogP contribution in [-0.4, -0.2) is 40.5 Å². The second-order valence-corrected chi connectivity index (χ2v) is 5.08. The van der Waals surface area contributed by atoms with Crippen molar-refractivity contribution in [1.29, 1.82) is 0 Å². The number of carbonyl (C=O) groups excluding carboxylic acids is 1. The number of carboxylic acids is 1. The van der Waals surface area contributed by atoms with Crippen LogP contribution in [0, 0.1) is 5.92 Å². The van der Waals surface area contributed by atoms with Crippen molar-refractivity contribution < 1.29 is 14.7 Å². The highest BCUT2D eigenvalue weighted by Gasteiger charge is 2.36. The van der Waals surface area contributed by atoms with Crippen molar-refractivity contribution in [2.24, 2.45) is 11.7 Å². The molecule has 0 radical (unpaired) electrons. The number of nitrogens with zero attached hydrogens (tertiary/aromatic N) is 1. The van der Waals surface area contributed by atoms with E-state index in [1.54, 1.807) is 0 Å². The Bertz CT molecular complexity index is 307. The summed E-state index contributed by atoms with van der Waals surface area (Å²) < 4.78 is 0. The molecule has 1 amide bonds. The number of piperidine rings is 1. The molecule has 1 aliphatic heterocycles. The molecule has 0 bridgehead atoms. The van der Waals surface area contributed by atoms with Crippen molar-refractivity contribution in [3.05, 3.63) is 0 Å². The summed E-state index contributed by atoms with van der Waals surface area (Å²) in [6.45, 7) is 4.54. The third kappa shape index (κ3) is 3.45. The Labute approximate surface area is 108 Å². The molecule has 3 unspecified atom stereocenters. The number of amides is 1. The molecule has 0 saturated carbocycles. The van der Waals surface area contributed by atoms with Gasteiger partial charge in [0.15, 0.2) is 0 Å². The van der Waals surface area contributed by atoms with Gasteiger partial charge in [-0.25, -0.2) is 4.79 Å². The normalized spacial score (nSPS) is 25.8. The van der Waals surface area contributed by atoms with Crippen molar-refractivity contribution >= 4 is 11.9 Å². The lowest BCUT2D eigenvalue weighted by molar-refractivity contribution is -0.153. The minimum Gasteiger partial charge on any atom is -0.480 e. The Morgan fingerprint density at radius 3 is 2.61 bits per heavy atom. The number of aliphatic carboxylic acids is 1. The second-order valence-electron chi connectivity index (χ2n) is 5.08. The standard InChI is InChI=1S/C13H24N2O3/c1-3-5-10(14)12(16)15-7-6-9(4-2)8-11(15)13(17)18/h9-11H,3-8,14H2,1-2H3,(H,17,18). The van der Waals surface area contributed by atoms with Gasteiger partial charge in [-0.2, -0.15) is 0 Å². The third-order valence-corrected chi connectivity index (χ3v) is 3.77. The fourth-order valence-electron chi connectivity index (χ4n) is 2.55. The number of likely N-dealkylation sites (tertiary alicyclic amines) is 1. The minimum atomic E-state index is -0.912. The summed E-state index contributed by atoms with van der Waals surface area (Å²) in [4.78, 5) is 24.9. The zero-order chi connectivity index (χ0) is 13.7. The summed E-state index contributed by atoms with van der Waals surface area (Å²) in [5.74, 6) is -0.721. The third-order valence-electron chi connectivity index (χ3n) is 3.77. The van der Waals surface area contributed by atoms with Gasteiger partial charge in [-0.3, -0.25) is 4.79 Å². The number of carboxylic acid groups (broad SMARTS) is 1. The molecule has 5 heteroatoms. The van der Waals surface area contributed by atoms with Gasteiger partial charge in [0.2, 0.25) is 5.91 Å². The number of hydrogen-bond donors (Lipinski definition) is 2. The van der Waals surface area contributed by atoms with Crippen LogP contribution in [0.25, 0.3) is 0 Å². The molecule has 1 heterocycles. The first kappa shape index (κ1) is 15.0. The monoisotopic (exact) mass is 256 g/mol. The smallest absolute Gasteiger partial charge is 0.326 e. The maximum Gasteiger partial charge on any atom is 0.326 e. The second kappa shape index (κ2) is 6.73. The first-order chi connectivity index (χ1) is 8.51. The lowest BCUT2D eigenvalue weighted by atomic mass is 9.88. The largest absolute Gasteiger partial charge is 0.480 e. The molecule has 104 valence electrons. The van der Waals surface area contributed by atoms with Crippen LogP contribution in [0.1, 0.15) is 46.0 Å². The van der Waals surface area contributed by atoms with E-state index in [0.29, 0.717) is 25.3 Å². The molecule has 18 heavy (non-hydrogen) atoms.